The maximum atomic E-state index is 11.9. The first-order valence-electron chi connectivity index (χ1n) is 14.4. The Morgan fingerprint density at radius 1 is 0.484 bits per heavy atom. The van der Waals surface area contributed by atoms with E-state index in [-0.39, 0.29) is 5.92 Å². The number of unbranched alkanes of at least 4 members (excludes halogenated alkanes) is 17. The minimum absolute atomic E-state index is 0.106. The van der Waals surface area contributed by atoms with Crippen molar-refractivity contribution < 1.29 is 9.90 Å². The van der Waals surface area contributed by atoms with Crippen molar-refractivity contribution in [2.45, 2.75) is 168 Å². The summed E-state index contributed by atoms with van der Waals surface area (Å²) in [4.78, 5) is 11.9. The first-order valence-corrected chi connectivity index (χ1v) is 14.4. The molecular formula is C29H58O2. The van der Waals surface area contributed by atoms with E-state index in [2.05, 4.69) is 20.8 Å². The summed E-state index contributed by atoms with van der Waals surface area (Å²) in [5.74, 6) is -0.246. The van der Waals surface area contributed by atoms with Gasteiger partial charge in [0.15, 0.2) is 0 Å². The van der Waals surface area contributed by atoms with Gasteiger partial charge >= 0.3 is 5.97 Å². The SMILES string of the molecule is CCCCCCCCCCCCCCCCC(CCCC)C(CCCCCC)C(=O)O. The molecule has 2 atom stereocenters. The summed E-state index contributed by atoms with van der Waals surface area (Å²) >= 11 is 0. The fourth-order valence-corrected chi connectivity index (χ4v) is 4.97. The molecule has 1 N–H and O–H groups in total. The molecule has 0 aliphatic heterocycles. The summed E-state index contributed by atoms with van der Waals surface area (Å²) in [6.45, 7) is 6.72. The van der Waals surface area contributed by atoms with Gasteiger partial charge in [-0.25, -0.2) is 0 Å². The lowest BCUT2D eigenvalue weighted by Crippen LogP contribution is -2.24. The second-order valence-corrected chi connectivity index (χ2v) is 10.1. The minimum Gasteiger partial charge on any atom is -0.481 e. The predicted octanol–water partition coefficient (Wildman–Crippen LogP) is 10.3. The molecule has 0 saturated heterocycles. The number of hydrogen-bond acceptors (Lipinski definition) is 1. The van der Waals surface area contributed by atoms with E-state index in [1.165, 1.54) is 122 Å². The molecule has 0 radical (unpaired) electrons. The second-order valence-electron chi connectivity index (χ2n) is 10.1. The van der Waals surface area contributed by atoms with E-state index in [0.29, 0.717) is 5.92 Å². The molecule has 0 aromatic heterocycles. The van der Waals surface area contributed by atoms with Gasteiger partial charge in [-0.3, -0.25) is 4.79 Å². The highest BCUT2D eigenvalue weighted by Crippen LogP contribution is 2.29. The number of aliphatic carboxylic acids is 1. The van der Waals surface area contributed by atoms with Crippen LogP contribution in [-0.2, 0) is 4.79 Å². The molecule has 0 spiro atoms. The van der Waals surface area contributed by atoms with E-state index in [0.717, 1.165) is 25.7 Å². The highest BCUT2D eigenvalue weighted by atomic mass is 16.4. The van der Waals surface area contributed by atoms with E-state index in [1.807, 2.05) is 0 Å². The molecule has 0 aliphatic carbocycles. The van der Waals surface area contributed by atoms with E-state index in [1.54, 1.807) is 0 Å². The lowest BCUT2D eigenvalue weighted by atomic mass is 9.81. The van der Waals surface area contributed by atoms with Gasteiger partial charge < -0.3 is 5.11 Å². The third kappa shape index (κ3) is 19.9. The van der Waals surface area contributed by atoms with Crippen molar-refractivity contribution in [1.82, 2.24) is 0 Å². The summed E-state index contributed by atoms with van der Waals surface area (Å²) < 4.78 is 0. The number of carboxylic acids is 1. The fraction of sp³-hybridized carbons (Fsp3) is 0.966. The average molecular weight is 439 g/mol. The van der Waals surface area contributed by atoms with Gasteiger partial charge in [-0.1, -0.05) is 149 Å². The van der Waals surface area contributed by atoms with Crippen LogP contribution in [0.15, 0.2) is 0 Å². The molecule has 0 heterocycles. The third-order valence-corrected chi connectivity index (χ3v) is 7.11. The molecular weight excluding hydrogens is 380 g/mol. The molecule has 0 saturated carbocycles. The summed E-state index contributed by atoms with van der Waals surface area (Å²) in [6, 6.07) is 0. The van der Waals surface area contributed by atoms with Crippen LogP contribution in [-0.4, -0.2) is 11.1 Å². The molecule has 0 aliphatic rings. The number of hydrogen-bond donors (Lipinski definition) is 1. The van der Waals surface area contributed by atoms with Crippen LogP contribution >= 0.6 is 0 Å². The Hall–Kier alpha value is -0.530. The highest BCUT2D eigenvalue weighted by Gasteiger charge is 2.26. The summed E-state index contributed by atoms with van der Waals surface area (Å²) in [5.41, 5.74) is 0. The number of carboxylic acid groups (broad SMARTS) is 1. The molecule has 0 aromatic rings. The second kappa shape index (κ2) is 24.1. The molecule has 0 aromatic carbocycles. The Labute approximate surface area is 196 Å². The molecule has 0 rings (SSSR count). The van der Waals surface area contributed by atoms with Crippen LogP contribution in [0, 0.1) is 11.8 Å². The number of carbonyl (C=O) groups is 1. The van der Waals surface area contributed by atoms with Crippen LogP contribution in [0.5, 0.6) is 0 Å². The van der Waals surface area contributed by atoms with Crippen molar-refractivity contribution in [3.63, 3.8) is 0 Å². The molecule has 2 unspecified atom stereocenters. The first-order chi connectivity index (χ1) is 15.2. The Morgan fingerprint density at radius 3 is 1.23 bits per heavy atom. The van der Waals surface area contributed by atoms with Gasteiger partial charge in [-0.15, -0.1) is 0 Å². The van der Waals surface area contributed by atoms with E-state index < -0.39 is 5.97 Å². The Kier molecular flexibility index (Phi) is 23.7. The van der Waals surface area contributed by atoms with E-state index in [9.17, 15) is 9.90 Å². The maximum Gasteiger partial charge on any atom is 0.306 e. The van der Waals surface area contributed by atoms with Crippen molar-refractivity contribution in [2.24, 2.45) is 11.8 Å². The maximum absolute atomic E-state index is 11.9. The lowest BCUT2D eigenvalue weighted by molar-refractivity contribution is -0.144. The zero-order chi connectivity index (χ0) is 23.0. The molecule has 2 nitrogen and oxygen atoms in total. The lowest BCUT2D eigenvalue weighted by Gasteiger charge is -2.24. The van der Waals surface area contributed by atoms with Crippen LogP contribution in [0.1, 0.15) is 168 Å². The Balaban J connectivity index is 3.85. The summed E-state index contributed by atoms with van der Waals surface area (Å²) in [5, 5.41) is 9.81. The van der Waals surface area contributed by atoms with Gasteiger partial charge in [-0.05, 0) is 25.2 Å². The largest absolute Gasteiger partial charge is 0.481 e. The van der Waals surface area contributed by atoms with Crippen LogP contribution in [0.25, 0.3) is 0 Å². The monoisotopic (exact) mass is 438 g/mol. The van der Waals surface area contributed by atoms with Crippen molar-refractivity contribution in [1.29, 1.82) is 0 Å². The minimum atomic E-state index is -0.539. The first kappa shape index (κ1) is 30.5. The van der Waals surface area contributed by atoms with Crippen molar-refractivity contribution in [3.8, 4) is 0 Å². The van der Waals surface area contributed by atoms with Crippen LogP contribution in [0.2, 0.25) is 0 Å². The molecule has 31 heavy (non-hydrogen) atoms. The highest BCUT2D eigenvalue weighted by molar-refractivity contribution is 5.70. The zero-order valence-electron chi connectivity index (χ0n) is 21.8. The summed E-state index contributed by atoms with van der Waals surface area (Å²) in [7, 11) is 0. The van der Waals surface area contributed by atoms with Gasteiger partial charge in [0.25, 0.3) is 0 Å². The molecule has 2 heteroatoms. The molecule has 0 fully saturated rings. The molecule has 186 valence electrons. The van der Waals surface area contributed by atoms with Crippen LogP contribution in [0.4, 0.5) is 0 Å². The topological polar surface area (TPSA) is 37.3 Å². The Morgan fingerprint density at radius 2 is 0.806 bits per heavy atom. The van der Waals surface area contributed by atoms with Gasteiger partial charge in [0, 0.05) is 0 Å². The normalized spacial score (nSPS) is 13.4. The fourth-order valence-electron chi connectivity index (χ4n) is 4.97. The smallest absolute Gasteiger partial charge is 0.306 e. The third-order valence-electron chi connectivity index (χ3n) is 7.11. The average Bonchev–Trinajstić information content (AvgIpc) is 2.76. The van der Waals surface area contributed by atoms with Crippen LogP contribution in [0.3, 0.4) is 0 Å². The predicted molar refractivity (Wildman–Crippen MR) is 138 cm³/mol. The van der Waals surface area contributed by atoms with Crippen molar-refractivity contribution in [2.75, 3.05) is 0 Å². The number of rotatable bonds is 25. The molecule has 0 bridgehead atoms. The van der Waals surface area contributed by atoms with Gasteiger partial charge in [-0.2, -0.15) is 0 Å². The summed E-state index contributed by atoms with van der Waals surface area (Å²) in [6.07, 6.45) is 29.6. The van der Waals surface area contributed by atoms with Crippen LogP contribution < -0.4 is 0 Å². The van der Waals surface area contributed by atoms with Gasteiger partial charge in [0.1, 0.15) is 0 Å². The van der Waals surface area contributed by atoms with Gasteiger partial charge in [0.05, 0.1) is 5.92 Å². The van der Waals surface area contributed by atoms with E-state index in [4.69, 9.17) is 0 Å². The quantitative estimate of drug-likeness (QED) is 0.144. The van der Waals surface area contributed by atoms with Gasteiger partial charge in [0.2, 0.25) is 0 Å². The van der Waals surface area contributed by atoms with Crippen molar-refractivity contribution in [3.05, 3.63) is 0 Å². The van der Waals surface area contributed by atoms with E-state index >= 15 is 0 Å². The molecule has 0 amide bonds. The standard InChI is InChI=1S/C29H58O2/c1-4-7-10-12-13-14-15-16-17-18-19-20-21-22-25-27(24-9-6-3)28(29(30)31)26-23-11-8-5-2/h27-28H,4-26H2,1-3H3,(H,30,31). The Bertz CT molecular complexity index is 366. The zero-order valence-corrected chi connectivity index (χ0v) is 21.8. The van der Waals surface area contributed by atoms with Crippen molar-refractivity contribution >= 4 is 5.97 Å².